The van der Waals surface area contributed by atoms with Gasteiger partial charge in [0.05, 0.1) is 5.60 Å². The van der Waals surface area contributed by atoms with E-state index in [4.69, 9.17) is 4.98 Å². The predicted molar refractivity (Wildman–Crippen MR) is 120 cm³/mol. The van der Waals surface area contributed by atoms with Gasteiger partial charge >= 0.3 is 0 Å². The van der Waals surface area contributed by atoms with Crippen molar-refractivity contribution < 1.29 is 14.7 Å². The summed E-state index contributed by atoms with van der Waals surface area (Å²) >= 11 is 0. The van der Waals surface area contributed by atoms with Crippen LogP contribution in [-0.2, 0) is 4.79 Å². The molecule has 3 atom stereocenters. The number of anilines is 1. The zero-order chi connectivity index (χ0) is 22.0. The maximum Gasteiger partial charge on any atom is 0.270 e. The Morgan fingerprint density at radius 1 is 1.12 bits per heavy atom. The van der Waals surface area contributed by atoms with Gasteiger partial charge in [-0.25, -0.2) is 4.98 Å². The van der Waals surface area contributed by atoms with Gasteiger partial charge in [0.15, 0.2) is 0 Å². The van der Waals surface area contributed by atoms with Gasteiger partial charge in [0.2, 0.25) is 5.91 Å². The molecule has 172 valence electrons. The number of nitrogens with zero attached hydrogens (tertiary/aromatic N) is 3. The molecule has 6 aliphatic rings. The summed E-state index contributed by atoms with van der Waals surface area (Å²) in [5.41, 5.74) is -0.0339. The Kier molecular flexibility index (Phi) is 4.75. The van der Waals surface area contributed by atoms with Gasteiger partial charge in [0.25, 0.3) is 5.91 Å². The van der Waals surface area contributed by atoms with E-state index in [-0.39, 0.29) is 23.9 Å². The highest BCUT2D eigenvalue weighted by molar-refractivity contribution is 5.93. The largest absolute Gasteiger partial charge is 0.390 e. The van der Waals surface area contributed by atoms with Crippen molar-refractivity contribution in [1.29, 1.82) is 0 Å². The minimum absolute atomic E-state index is 0.105. The van der Waals surface area contributed by atoms with Crippen molar-refractivity contribution in [1.82, 2.24) is 15.2 Å². The second kappa shape index (κ2) is 7.44. The first-order valence-electron chi connectivity index (χ1n) is 12.4. The number of rotatable bonds is 4. The molecule has 1 saturated heterocycles. The lowest BCUT2D eigenvalue weighted by Gasteiger charge is -2.58. The van der Waals surface area contributed by atoms with Gasteiger partial charge in [-0.05, 0) is 81.8 Å². The smallest absolute Gasteiger partial charge is 0.270 e. The van der Waals surface area contributed by atoms with Crippen molar-refractivity contribution in [2.24, 2.45) is 23.7 Å². The van der Waals surface area contributed by atoms with Crippen molar-refractivity contribution in [3.63, 3.8) is 0 Å². The first-order valence-corrected chi connectivity index (χ1v) is 12.4. The van der Waals surface area contributed by atoms with Crippen LogP contribution in [0.3, 0.4) is 0 Å². The molecule has 5 aliphatic carbocycles. The average Bonchev–Trinajstić information content (AvgIpc) is 3.60. The molecule has 2 unspecified atom stereocenters. The summed E-state index contributed by atoms with van der Waals surface area (Å²) in [5.74, 6) is 2.65. The number of carbonyl (C=O) groups excluding carboxylic acids is 2. The van der Waals surface area contributed by atoms with E-state index in [9.17, 15) is 14.7 Å². The van der Waals surface area contributed by atoms with E-state index in [2.05, 4.69) is 17.1 Å². The molecule has 7 rings (SSSR count). The fourth-order valence-electron chi connectivity index (χ4n) is 7.24. The molecular formula is C25H34N4O3. The van der Waals surface area contributed by atoms with Gasteiger partial charge in [0.1, 0.15) is 11.5 Å². The Morgan fingerprint density at radius 2 is 1.88 bits per heavy atom. The van der Waals surface area contributed by atoms with Crippen LogP contribution in [0, 0.1) is 23.7 Å². The number of carbonyl (C=O) groups is 2. The molecule has 1 aromatic rings. The maximum atomic E-state index is 13.1. The Morgan fingerprint density at radius 3 is 2.53 bits per heavy atom. The SMILES string of the molecule is C[C@@H]1CN(C(=O)C2CC2)CCN1c1cccc(C(=O)NC2C3CC4CC2CC(O)(C4)C3)n1. The third-order valence-corrected chi connectivity index (χ3v) is 8.67. The number of aromatic nitrogens is 1. The molecule has 5 saturated carbocycles. The quantitative estimate of drug-likeness (QED) is 0.753. The Hall–Kier alpha value is -2.15. The molecule has 2 N–H and O–H groups in total. The molecule has 1 aromatic heterocycles. The summed E-state index contributed by atoms with van der Waals surface area (Å²) in [6.45, 7) is 4.29. The van der Waals surface area contributed by atoms with Crippen molar-refractivity contribution in [2.75, 3.05) is 24.5 Å². The minimum Gasteiger partial charge on any atom is -0.390 e. The molecule has 7 nitrogen and oxygen atoms in total. The molecule has 7 heteroatoms. The molecule has 1 aliphatic heterocycles. The van der Waals surface area contributed by atoms with Crippen LogP contribution < -0.4 is 10.2 Å². The number of amides is 2. The highest BCUT2D eigenvalue weighted by Gasteiger charge is 2.55. The Balaban J connectivity index is 1.13. The second-order valence-electron chi connectivity index (χ2n) is 11.2. The van der Waals surface area contributed by atoms with E-state index in [1.165, 1.54) is 0 Å². The van der Waals surface area contributed by atoms with Gasteiger partial charge in [-0.1, -0.05) is 6.07 Å². The molecule has 32 heavy (non-hydrogen) atoms. The fourth-order valence-corrected chi connectivity index (χ4v) is 7.24. The van der Waals surface area contributed by atoms with Crippen molar-refractivity contribution in [3.05, 3.63) is 23.9 Å². The summed E-state index contributed by atoms with van der Waals surface area (Å²) in [6, 6.07) is 5.98. The van der Waals surface area contributed by atoms with Crippen molar-refractivity contribution in [3.8, 4) is 0 Å². The number of pyridine rings is 1. The normalized spacial score (nSPS) is 38.1. The molecule has 2 amide bonds. The number of hydrogen-bond acceptors (Lipinski definition) is 5. The molecule has 0 aromatic carbocycles. The highest BCUT2D eigenvalue weighted by Crippen LogP contribution is 2.55. The molecule has 0 spiro atoms. The van der Waals surface area contributed by atoms with Crippen LogP contribution in [-0.4, -0.2) is 64.1 Å². The van der Waals surface area contributed by atoms with Crippen LogP contribution >= 0.6 is 0 Å². The topological polar surface area (TPSA) is 85.8 Å². The summed E-state index contributed by atoms with van der Waals surface area (Å²) in [7, 11) is 0. The predicted octanol–water partition coefficient (Wildman–Crippen LogP) is 2.20. The van der Waals surface area contributed by atoms with Crippen LogP contribution in [0.2, 0.25) is 0 Å². The summed E-state index contributed by atoms with van der Waals surface area (Å²) in [4.78, 5) is 34.5. The van der Waals surface area contributed by atoms with E-state index in [0.29, 0.717) is 42.4 Å². The average molecular weight is 439 g/mol. The molecule has 0 radical (unpaired) electrons. The Bertz CT molecular complexity index is 916. The van der Waals surface area contributed by atoms with E-state index < -0.39 is 5.60 Å². The van der Waals surface area contributed by atoms with Crippen molar-refractivity contribution >= 4 is 17.6 Å². The minimum atomic E-state index is -0.491. The third-order valence-electron chi connectivity index (χ3n) is 8.67. The lowest BCUT2D eigenvalue weighted by atomic mass is 9.52. The molecule has 6 fully saturated rings. The number of hydrogen-bond donors (Lipinski definition) is 2. The van der Waals surface area contributed by atoms with E-state index >= 15 is 0 Å². The molecular weight excluding hydrogens is 404 g/mol. The van der Waals surface area contributed by atoms with Crippen LogP contribution in [0.25, 0.3) is 0 Å². The third kappa shape index (κ3) is 3.58. The summed E-state index contributed by atoms with van der Waals surface area (Å²) in [6.07, 6.45) is 6.91. The summed E-state index contributed by atoms with van der Waals surface area (Å²) in [5, 5.41) is 14.1. The molecule has 4 bridgehead atoms. The number of aliphatic hydroxyl groups is 1. The number of piperazine rings is 1. The highest BCUT2D eigenvalue weighted by atomic mass is 16.3. The van der Waals surface area contributed by atoms with E-state index in [1.54, 1.807) is 6.07 Å². The fraction of sp³-hybridized carbons (Fsp3) is 0.720. The van der Waals surface area contributed by atoms with Crippen LogP contribution in [0.4, 0.5) is 5.82 Å². The van der Waals surface area contributed by atoms with E-state index in [0.717, 1.165) is 57.3 Å². The zero-order valence-electron chi connectivity index (χ0n) is 18.9. The van der Waals surface area contributed by atoms with Crippen molar-refractivity contribution in [2.45, 2.75) is 69.6 Å². The van der Waals surface area contributed by atoms with Crippen LogP contribution in [0.15, 0.2) is 18.2 Å². The van der Waals surface area contributed by atoms with Crippen LogP contribution in [0.1, 0.15) is 62.4 Å². The first kappa shape index (κ1) is 20.5. The first-order chi connectivity index (χ1) is 15.4. The van der Waals surface area contributed by atoms with Gasteiger partial charge in [-0.15, -0.1) is 0 Å². The second-order valence-corrected chi connectivity index (χ2v) is 11.2. The zero-order valence-corrected chi connectivity index (χ0v) is 18.9. The van der Waals surface area contributed by atoms with Gasteiger partial charge in [0, 0.05) is 37.6 Å². The lowest BCUT2D eigenvalue weighted by Crippen LogP contribution is -2.61. The monoisotopic (exact) mass is 438 g/mol. The summed E-state index contributed by atoms with van der Waals surface area (Å²) < 4.78 is 0. The molecule has 2 heterocycles. The maximum absolute atomic E-state index is 13.1. The van der Waals surface area contributed by atoms with Gasteiger partial charge in [-0.3, -0.25) is 9.59 Å². The standard InChI is InChI=1S/C25H34N4O3/c1-15-14-28(24(31)17-5-6-17)7-8-29(15)21-4-2-3-20(26-21)23(30)27-22-18-9-16-10-19(22)13-25(32,11-16)12-18/h2-4,15-19,22,32H,5-14H2,1H3,(H,27,30)/t15-,16?,18?,19?,22?,25?/m1/s1. The van der Waals surface area contributed by atoms with E-state index in [1.807, 2.05) is 17.0 Å². The lowest BCUT2D eigenvalue weighted by molar-refractivity contribution is -0.137. The number of nitrogens with one attached hydrogen (secondary N) is 1. The van der Waals surface area contributed by atoms with Crippen LogP contribution in [0.5, 0.6) is 0 Å². The Labute approximate surface area is 189 Å². The van der Waals surface area contributed by atoms with Gasteiger partial charge < -0.3 is 20.2 Å². The van der Waals surface area contributed by atoms with Gasteiger partial charge in [-0.2, -0.15) is 0 Å².